The summed E-state index contributed by atoms with van der Waals surface area (Å²) in [6, 6.07) is 18.9. The van der Waals surface area contributed by atoms with E-state index in [4.69, 9.17) is 5.73 Å². The lowest BCUT2D eigenvalue weighted by Gasteiger charge is -2.00. The second-order valence-corrected chi connectivity index (χ2v) is 2.90. The van der Waals surface area contributed by atoms with Gasteiger partial charge in [0.25, 0.3) is 0 Å². The molecule has 0 unspecified atom stereocenters. The van der Waals surface area contributed by atoms with Crippen molar-refractivity contribution in [3.8, 4) is 11.1 Å². The summed E-state index contributed by atoms with van der Waals surface area (Å²) in [6.45, 7) is 0. The van der Waals surface area contributed by atoms with E-state index in [1.165, 1.54) is 5.56 Å². The summed E-state index contributed by atoms with van der Waals surface area (Å²) >= 11 is 0. The van der Waals surface area contributed by atoms with Crippen molar-refractivity contribution >= 4 is 5.69 Å². The topological polar surface area (TPSA) is 26.0 Å². The minimum Gasteiger partial charge on any atom is -0.399 e. The summed E-state index contributed by atoms with van der Waals surface area (Å²) < 4.78 is 0. The average molecular weight is 168 g/mol. The molecule has 0 aliphatic rings. The van der Waals surface area contributed by atoms with Crippen LogP contribution in [0.1, 0.15) is 0 Å². The largest absolute Gasteiger partial charge is 0.399 e. The molecule has 13 heavy (non-hydrogen) atoms. The molecule has 1 nitrogen and oxygen atoms in total. The van der Waals surface area contributed by atoms with E-state index in [1.54, 1.807) is 6.07 Å². The molecule has 1 radical (unpaired) electrons. The molecule has 2 N–H and O–H groups in total. The van der Waals surface area contributed by atoms with Crippen molar-refractivity contribution in [2.24, 2.45) is 0 Å². The Morgan fingerprint density at radius 1 is 0.923 bits per heavy atom. The van der Waals surface area contributed by atoms with Gasteiger partial charge in [0.2, 0.25) is 0 Å². The lowest BCUT2D eigenvalue weighted by atomic mass is 10.1. The third-order valence-corrected chi connectivity index (χ3v) is 1.92. The molecule has 2 aromatic rings. The van der Waals surface area contributed by atoms with Gasteiger partial charge in [0.05, 0.1) is 0 Å². The van der Waals surface area contributed by atoms with Gasteiger partial charge < -0.3 is 5.73 Å². The zero-order valence-electron chi connectivity index (χ0n) is 7.20. The molecule has 0 amide bonds. The van der Waals surface area contributed by atoms with Gasteiger partial charge in [0.1, 0.15) is 0 Å². The zero-order valence-corrected chi connectivity index (χ0v) is 7.20. The van der Waals surface area contributed by atoms with Crippen LogP contribution in [0.4, 0.5) is 5.69 Å². The molecule has 0 spiro atoms. The first kappa shape index (κ1) is 7.87. The molecular formula is C12H10N. The van der Waals surface area contributed by atoms with Crippen LogP contribution in [-0.2, 0) is 0 Å². The summed E-state index contributed by atoms with van der Waals surface area (Å²) in [5.41, 5.74) is 8.57. The van der Waals surface area contributed by atoms with Gasteiger partial charge in [-0.2, -0.15) is 0 Å². The number of nitrogen functional groups attached to an aromatic ring is 1. The van der Waals surface area contributed by atoms with Crippen LogP contribution in [-0.4, -0.2) is 0 Å². The van der Waals surface area contributed by atoms with Crippen molar-refractivity contribution in [3.63, 3.8) is 0 Å². The van der Waals surface area contributed by atoms with E-state index < -0.39 is 0 Å². The third kappa shape index (κ3) is 1.70. The van der Waals surface area contributed by atoms with Crippen molar-refractivity contribution < 1.29 is 0 Å². The molecule has 0 aliphatic heterocycles. The Balaban J connectivity index is 2.42. The molecular weight excluding hydrogens is 158 g/mol. The second-order valence-electron chi connectivity index (χ2n) is 2.90. The third-order valence-electron chi connectivity index (χ3n) is 1.92. The normalized spacial score (nSPS) is 9.85. The average Bonchev–Trinajstić information content (AvgIpc) is 2.20. The fourth-order valence-corrected chi connectivity index (χ4v) is 1.23. The van der Waals surface area contributed by atoms with E-state index in [1.807, 2.05) is 30.3 Å². The Labute approximate surface area is 77.8 Å². The maximum atomic E-state index is 5.57. The van der Waals surface area contributed by atoms with E-state index in [0.29, 0.717) is 0 Å². The molecule has 2 aromatic carbocycles. The van der Waals surface area contributed by atoms with Crippen molar-refractivity contribution in [1.29, 1.82) is 0 Å². The summed E-state index contributed by atoms with van der Waals surface area (Å²) in [5, 5.41) is 0. The SMILES string of the molecule is Nc1c[c]c(-c2ccccc2)cc1. The standard InChI is InChI=1S/C12H10N/c13-12-8-6-11(7-9-12)10-4-2-1-3-5-10/h1-6,8-9H,13H2. The molecule has 1 heteroatoms. The molecule has 0 saturated carbocycles. The van der Waals surface area contributed by atoms with E-state index >= 15 is 0 Å². The Bertz CT molecular complexity index is 376. The number of hydrogen-bond donors (Lipinski definition) is 1. The number of anilines is 1. The van der Waals surface area contributed by atoms with Crippen LogP contribution in [0.5, 0.6) is 0 Å². The van der Waals surface area contributed by atoms with Gasteiger partial charge in [0.15, 0.2) is 0 Å². The summed E-state index contributed by atoms with van der Waals surface area (Å²) in [5.74, 6) is 0. The monoisotopic (exact) mass is 168 g/mol. The number of nitrogens with two attached hydrogens (primary N) is 1. The van der Waals surface area contributed by atoms with E-state index in [2.05, 4.69) is 18.2 Å². The van der Waals surface area contributed by atoms with E-state index in [9.17, 15) is 0 Å². The minimum atomic E-state index is 0.750. The van der Waals surface area contributed by atoms with Gasteiger partial charge in [-0.3, -0.25) is 0 Å². The predicted molar refractivity (Wildman–Crippen MR) is 55.1 cm³/mol. The maximum Gasteiger partial charge on any atom is 0.0320 e. The van der Waals surface area contributed by atoms with E-state index in [-0.39, 0.29) is 0 Å². The number of benzene rings is 2. The highest BCUT2D eigenvalue weighted by molar-refractivity contribution is 5.64. The summed E-state index contributed by atoms with van der Waals surface area (Å²) in [6.07, 6.45) is 0. The van der Waals surface area contributed by atoms with Crippen molar-refractivity contribution in [2.75, 3.05) is 5.73 Å². The van der Waals surface area contributed by atoms with Crippen LogP contribution in [0.2, 0.25) is 0 Å². The zero-order chi connectivity index (χ0) is 9.10. The predicted octanol–water partition coefficient (Wildman–Crippen LogP) is 2.74. The number of hydrogen-bond acceptors (Lipinski definition) is 1. The van der Waals surface area contributed by atoms with Crippen molar-refractivity contribution in [3.05, 3.63) is 54.6 Å². The number of rotatable bonds is 1. The lowest BCUT2D eigenvalue weighted by Crippen LogP contribution is -1.83. The maximum absolute atomic E-state index is 5.57. The van der Waals surface area contributed by atoms with Gasteiger partial charge in [0, 0.05) is 5.69 Å². The molecule has 0 aliphatic carbocycles. The molecule has 0 aromatic heterocycles. The highest BCUT2D eigenvalue weighted by Gasteiger charge is 1.94. The van der Waals surface area contributed by atoms with Crippen LogP contribution in [0.15, 0.2) is 48.5 Å². The first-order valence-electron chi connectivity index (χ1n) is 4.19. The van der Waals surface area contributed by atoms with E-state index in [0.717, 1.165) is 11.3 Å². The van der Waals surface area contributed by atoms with Gasteiger partial charge in [-0.1, -0.05) is 36.4 Å². The Kier molecular flexibility index (Phi) is 2.01. The van der Waals surface area contributed by atoms with Crippen LogP contribution in [0.3, 0.4) is 0 Å². The second kappa shape index (κ2) is 3.31. The molecule has 2 rings (SSSR count). The molecule has 0 atom stereocenters. The smallest absolute Gasteiger partial charge is 0.0320 e. The first-order chi connectivity index (χ1) is 6.36. The highest BCUT2D eigenvalue weighted by Crippen LogP contribution is 2.18. The van der Waals surface area contributed by atoms with Crippen LogP contribution < -0.4 is 5.73 Å². The molecule has 0 bridgehead atoms. The molecule has 0 heterocycles. The van der Waals surface area contributed by atoms with Gasteiger partial charge in [-0.25, -0.2) is 0 Å². The Morgan fingerprint density at radius 2 is 1.69 bits per heavy atom. The minimum absolute atomic E-state index is 0.750. The van der Waals surface area contributed by atoms with Crippen LogP contribution in [0.25, 0.3) is 11.1 Å². The fraction of sp³-hybridized carbons (Fsp3) is 0. The molecule has 0 fully saturated rings. The quantitative estimate of drug-likeness (QED) is 0.651. The summed E-state index contributed by atoms with van der Waals surface area (Å²) in [4.78, 5) is 0. The first-order valence-corrected chi connectivity index (χ1v) is 4.19. The summed E-state index contributed by atoms with van der Waals surface area (Å²) in [7, 11) is 0. The van der Waals surface area contributed by atoms with Gasteiger partial charge in [-0.15, -0.1) is 0 Å². The van der Waals surface area contributed by atoms with Crippen molar-refractivity contribution in [1.82, 2.24) is 0 Å². The lowest BCUT2D eigenvalue weighted by molar-refractivity contribution is 1.60. The fourth-order valence-electron chi connectivity index (χ4n) is 1.23. The van der Waals surface area contributed by atoms with Crippen molar-refractivity contribution in [2.45, 2.75) is 0 Å². The van der Waals surface area contributed by atoms with Crippen LogP contribution >= 0.6 is 0 Å². The van der Waals surface area contributed by atoms with Gasteiger partial charge in [-0.05, 0) is 29.3 Å². The highest BCUT2D eigenvalue weighted by atomic mass is 14.5. The molecule has 0 saturated heterocycles. The Morgan fingerprint density at radius 3 is 2.31 bits per heavy atom. The Hall–Kier alpha value is -1.76. The van der Waals surface area contributed by atoms with Crippen LogP contribution in [0, 0.1) is 6.07 Å². The van der Waals surface area contributed by atoms with Gasteiger partial charge >= 0.3 is 0 Å². The molecule has 63 valence electrons.